The van der Waals surface area contributed by atoms with Gasteiger partial charge >= 0.3 is 6.03 Å². The smallest absolute Gasteiger partial charge is 0.323 e. The summed E-state index contributed by atoms with van der Waals surface area (Å²) < 4.78 is 1.26. The number of phenolic OH excluding ortho intramolecular Hbond substituents is 1. The van der Waals surface area contributed by atoms with Crippen LogP contribution in [0.5, 0.6) is 5.75 Å². The lowest BCUT2D eigenvalue weighted by molar-refractivity contribution is 0.0951. The molecule has 11 nitrogen and oxygen atoms in total. The van der Waals surface area contributed by atoms with Gasteiger partial charge in [0.15, 0.2) is 0 Å². The van der Waals surface area contributed by atoms with E-state index in [1.165, 1.54) is 23.1 Å². The molecule has 2 heterocycles. The summed E-state index contributed by atoms with van der Waals surface area (Å²) in [6.07, 6.45) is 4.59. The largest absolute Gasteiger partial charge is 0.508 e. The van der Waals surface area contributed by atoms with E-state index < -0.39 is 11.6 Å². The van der Waals surface area contributed by atoms with E-state index in [2.05, 4.69) is 37.9 Å². The Bertz CT molecular complexity index is 2140. The molecule has 0 atom stereocenters. The van der Waals surface area contributed by atoms with Crippen LogP contribution < -0.4 is 26.8 Å². The number of carbonyl (C=O) groups excluding carboxylic acids is 2. The zero-order valence-corrected chi connectivity index (χ0v) is 28.5. The average molecular weight is 711 g/mol. The van der Waals surface area contributed by atoms with E-state index in [0.717, 1.165) is 35.1 Å². The van der Waals surface area contributed by atoms with Crippen LogP contribution in [0.1, 0.15) is 41.3 Å². The Hall–Kier alpha value is -5.65. The van der Waals surface area contributed by atoms with Gasteiger partial charge in [0.2, 0.25) is 0 Å². The minimum absolute atomic E-state index is 0.00177. The van der Waals surface area contributed by atoms with E-state index in [1.807, 2.05) is 54.6 Å². The van der Waals surface area contributed by atoms with Crippen molar-refractivity contribution in [3.05, 3.63) is 129 Å². The first-order chi connectivity index (χ1) is 24.1. The Morgan fingerprint density at radius 1 is 0.920 bits per heavy atom. The van der Waals surface area contributed by atoms with E-state index in [-0.39, 0.29) is 45.7 Å². The third kappa shape index (κ3) is 8.13. The second-order valence-electron chi connectivity index (χ2n) is 11.7. The summed E-state index contributed by atoms with van der Waals surface area (Å²) in [4.78, 5) is 43.2. The van der Waals surface area contributed by atoms with Crippen molar-refractivity contribution < 1.29 is 14.7 Å². The number of nitrogens with one attached hydrogen (secondary N) is 4. The summed E-state index contributed by atoms with van der Waals surface area (Å²) in [7, 11) is 0. The molecule has 5 N–H and O–H groups in total. The first-order valence-electron chi connectivity index (χ1n) is 15.8. The summed E-state index contributed by atoms with van der Waals surface area (Å²) in [5.41, 5.74) is 5.14. The van der Waals surface area contributed by atoms with Gasteiger partial charge in [0.1, 0.15) is 11.4 Å². The first-order valence-corrected chi connectivity index (χ1v) is 16.6. The Kier molecular flexibility index (Phi) is 10.2. The number of amides is 3. The molecule has 0 radical (unpaired) electrons. The number of urea groups is 1. The second kappa shape index (κ2) is 14.9. The number of halogens is 2. The SMILES string of the molecule is C=C(NCc1ccc(O)cc1)c1cc(C(=O)NC2CC2)cc(-c2cccc(-c3cc(NC(=O)Nc4c(Cl)cncc4Cl)c(=O)n(CC)n3)c2)c1. The molecule has 1 aliphatic rings. The number of rotatable bonds is 11. The number of benzene rings is 3. The van der Waals surface area contributed by atoms with Gasteiger partial charge in [0.25, 0.3) is 11.5 Å². The number of carbonyl (C=O) groups is 2. The van der Waals surface area contributed by atoms with Gasteiger partial charge in [0.05, 0.1) is 21.4 Å². The molecule has 5 aromatic rings. The highest BCUT2D eigenvalue weighted by molar-refractivity contribution is 6.39. The van der Waals surface area contributed by atoms with Gasteiger partial charge in [-0.1, -0.05) is 60.1 Å². The zero-order valence-electron chi connectivity index (χ0n) is 27.0. The molecule has 2 aromatic heterocycles. The van der Waals surface area contributed by atoms with Crippen LogP contribution in [-0.2, 0) is 13.1 Å². The summed E-state index contributed by atoms with van der Waals surface area (Å²) >= 11 is 12.3. The predicted molar refractivity (Wildman–Crippen MR) is 196 cm³/mol. The monoisotopic (exact) mass is 709 g/mol. The summed E-state index contributed by atoms with van der Waals surface area (Å²) in [5.74, 6) is 0.0188. The molecule has 1 aliphatic carbocycles. The van der Waals surface area contributed by atoms with Gasteiger partial charge in [-0.05, 0) is 84.5 Å². The summed E-state index contributed by atoms with van der Waals surface area (Å²) in [5, 5.41) is 26.0. The van der Waals surface area contributed by atoms with Crippen molar-refractivity contribution in [1.82, 2.24) is 25.4 Å². The first kappa shape index (κ1) is 34.2. The van der Waals surface area contributed by atoms with E-state index in [1.54, 1.807) is 19.1 Å². The fourth-order valence-corrected chi connectivity index (χ4v) is 5.62. The lowest BCUT2D eigenvalue weighted by atomic mass is 9.96. The lowest BCUT2D eigenvalue weighted by Crippen LogP contribution is -2.29. The number of nitrogens with zero attached hydrogens (tertiary/aromatic N) is 3. The molecule has 0 spiro atoms. The molecule has 0 saturated heterocycles. The molecule has 0 unspecified atom stereocenters. The topological polar surface area (TPSA) is 150 Å². The maximum Gasteiger partial charge on any atom is 0.323 e. The number of phenols is 1. The second-order valence-corrected chi connectivity index (χ2v) is 12.6. The van der Waals surface area contributed by atoms with Crippen LogP contribution in [0.25, 0.3) is 28.1 Å². The van der Waals surface area contributed by atoms with Gasteiger partial charge in [0, 0.05) is 48.3 Å². The predicted octanol–water partition coefficient (Wildman–Crippen LogP) is 7.30. The summed E-state index contributed by atoms with van der Waals surface area (Å²) in [6.45, 7) is 6.74. The number of aryl methyl sites for hydroxylation is 1. The maximum absolute atomic E-state index is 13.2. The molecule has 1 fully saturated rings. The van der Waals surface area contributed by atoms with E-state index >= 15 is 0 Å². The van der Waals surface area contributed by atoms with Gasteiger partial charge in [-0.25, -0.2) is 9.48 Å². The Morgan fingerprint density at radius 2 is 1.62 bits per heavy atom. The van der Waals surface area contributed by atoms with Crippen molar-refractivity contribution in [2.24, 2.45) is 0 Å². The highest BCUT2D eigenvalue weighted by Crippen LogP contribution is 2.31. The molecule has 254 valence electrons. The van der Waals surface area contributed by atoms with Crippen LogP contribution in [0, 0.1) is 0 Å². The van der Waals surface area contributed by atoms with Crippen LogP contribution >= 0.6 is 23.2 Å². The average Bonchev–Trinajstić information content (AvgIpc) is 3.94. The van der Waals surface area contributed by atoms with Crippen molar-refractivity contribution in [1.29, 1.82) is 0 Å². The van der Waals surface area contributed by atoms with Crippen molar-refractivity contribution >= 4 is 52.2 Å². The Labute approximate surface area is 298 Å². The standard InChI is InChI=1S/C37H33Cl2N7O4/c1-3-46-36(49)33(43-37(50)44-34-30(38)19-40-20-31(34)39)17-32(45-46)24-6-4-5-23(13-24)26-14-25(15-27(16-26)35(48)42-28-9-10-28)21(2)41-18-22-7-11-29(47)12-8-22/h4-8,11-17,19-20,28,41,47H,2-3,9-10,18H2,1H3,(H,42,48)(H2,40,43,44,50). The fraction of sp³-hybridized carbons (Fsp3) is 0.162. The maximum atomic E-state index is 13.2. The molecule has 6 rings (SSSR count). The zero-order chi connectivity index (χ0) is 35.4. The number of hydrogen-bond donors (Lipinski definition) is 5. The highest BCUT2D eigenvalue weighted by Gasteiger charge is 2.24. The normalized spacial score (nSPS) is 12.2. The lowest BCUT2D eigenvalue weighted by Gasteiger charge is -2.15. The van der Waals surface area contributed by atoms with Crippen LogP contribution in [0.3, 0.4) is 0 Å². The van der Waals surface area contributed by atoms with Gasteiger partial charge in [-0.15, -0.1) is 0 Å². The van der Waals surface area contributed by atoms with E-state index in [9.17, 15) is 19.5 Å². The molecule has 3 aromatic carbocycles. The number of aromatic nitrogens is 3. The van der Waals surface area contributed by atoms with Crippen molar-refractivity contribution in [3.63, 3.8) is 0 Å². The number of hydrogen-bond acceptors (Lipinski definition) is 7. The third-order valence-corrected chi connectivity index (χ3v) is 8.58. The Balaban J connectivity index is 1.31. The van der Waals surface area contributed by atoms with Gasteiger partial charge in [-0.3, -0.25) is 14.6 Å². The molecule has 13 heteroatoms. The number of pyridine rings is 1. The minimum Gasteiger partial charge on any atom is -0.508 e. The Morgan fingerprint density at radius 3 is 2.32 bits per heavy atom. The molecule has 0 aliphatic heterocycles. The van der Waals surface area contributed by atoms with Crippen molar-refractivity contribution in [2.75, 3.05) is 10.6 Å². The van der Waals surface area contributed by atoms with Crippen LogP contribution in [0.2, 0.25) is 10.0 Å². The molecule has 3 amide bonds. The van der Waals surface area contributed by atoms with Crippen molar-refractivity contribution in [2.45, 2.75) is 38.9 Å². The number of anilines is 2. The minimum atomic E-state index is -0.723. The van der Waals surface area contributed by atoms with Crippen LogP contribution in [-0.4, -0.2) is 37.9 Å². The third-order valence-electron chi connectivity index (χ3n) is 8.00. The quantitative estimate of drug-likeness (QED) is 0.0966. The van der Waals surface area contributed by atoms with E-state index in [4.69, 9.17) is 23.2 Å². The van der Waals surface area contributed by atoms with Crippen molar-refractivity contribution in [3.8, 4) is 28.1 Å². The highest BCUT2D eigenvalue weighted by atomic mass is 35.5. The molecular formula is C37H33Cl2N7O4. The molecule has 0 bridgehead atoms. The molecular weight excluding hydrogens is 677 g/mol. The molecule has 1 saturated carbocycles. The van der Waals surface area contributed by atoms with Crippen LogP contribution in [0.15, 0.2) is 96.6 Å². The van der Waals surface area contributed by atoms with Gasteiger partial charge < -0.3 is 26.4 Å². The molecule has 50 heavy (non-hydrogen) atoms. The van der Waals surface area contributed by atoms with Gasteiger partial charge in [-0.2, -0.15) is 5.10 Å². The fourth-order valence-electron chi connectivity index (χ4n) is 5.16. The summed E-state index contributed by atoms with van der Waals surface area (Å²) in [6, 6.07) is 21.0. The van der Waals surface area contributed by atoms with Crippen LogP contribution in [0.4, 0.5) is 16.2 Å². The number of aromatic hydroxyl groups is 1. The van der Waals surface area contributed by atoms with E-state index in [0.29, 0.717) is 29.1 Å².